The first-order chi connectivity index (χ1) is 6.82. The minimum atomic E-state index is -3.63. The third kappa shape index (κ3) is 3.02. The van der Waals surface area contributed by atoms with Crippen LogP contribution in [0.15, 0.2) is 24.3 Å². The summed E-state index contributed by atoms with van der Waals surface area (Å²) in [6.07, 6.45) is 0. The molecule has 1 aromatic rings. The lowest BCUT2D eigenvalue weighted by molar-refractivity contribution is 0.399. The largest absolute Gasteiger partial charge is 0.277 e. The Bertz CT molecular complexity index is 425. The monoisotopic (exact) mass is 228 g/mol. The van der Waals surface area contributed by atoms with Crippen molar-refractivity contribution in [2.24, 2.45) is 5.14 Å². The number of aryl methyl sites for hydroxylation is 1. The summed E-state index contributed by atoms with van der Waals surface area (Å²) in [4.78, 5) is 0. The Hall–Kier alpha value is -0.910. The predicted molar refractivity (Wildman–Crippen MR) is 60.5 cm³/mol. The molecule has 0 radical (unpaired) electrons. The molecule has 84 valence electrons. The summed E-state index contributed by atoms with van der Waals surface area (Å²) in [5.74, 6) is 0. The fourth-order valence-corrected chi connectivity index (χ4v) is 1.84. The molecule has 0 fully saturated rings. The highest BCUT2D eigenvalue weighted by molar-refractivity contribution is 7.86. The Morgan fingerprint density at radius 3 is 2.13 bits per heavy atom. The van der Waals surface area contributed by atoms with Crippen molar-refractivity contribution in [1.82, 2.24) is 4.31 Å². The number of hydrogen-bond acceptors (Lipinski definition) is 2. The van der Waals surface area contributed by atoms with E-state index in [-0.39, 0.29) is 6.04 Å². The van der Waals surface area contributed by atoms with Crippen LogP contribution in [0.4, 0.5) is 0 Å². The standard InChI is InChI=1S/C10H16N2O2S/c1-8-4-6-10(7-5-8)9(2)12(3)15(11,13)14/h4-7,9H,1-3H3,(H2,11,13,14). The Balaban J connectivity index is 2.95. The Labute approximate surface area is 90.9 Å². The van der Waals surface area contributed by atoms with Crippen molar-refractivity contribution in [1.29, 1.82) is 0 Å². The van der Waals surface area contributed by atoms with E-state index in [0.29, 0.717) is 0 Å². The van der Waals surface area contributed by atoms with Gasteiger partial charge in [0.2, 0.25) is 0 Å². The van der Waals surface area contributed by atoms with E-state index < -0.39 is 10.2 Å². The van der Waals surface area contributed by atoms with Gasteiger partial charge in [-0.25, -0.2) is 5.14 Å². The van der Waals surface area contributed by atoms with Crippen LogP contribution in [-0.2, 0) is 10.2 Å². The zero-order chi connectivity index (χ0) is 11.6. The van der Waals surface area contributed by atoms with Crippen LogP contribution < -0.4 is 5.14 Å². The lowest BCUT2D eigenvalue weighted by atomic mass is 10.1. The van der Waals surface area contributed by atoms with Crippen LogP contribution in [0.3, 0.4) is 0 Å². The van der Waals surface area contributed by atoms with Crippen molar-refractivity contribution in [3.8, 4) is 0 Å². The van der Waals surface area contributed by atoms with Crippen molar-refractivity contribution in [2.75, 3.05) is 7.05 Å². The zero-order valence-electron chi connectivity index (χ0n) is 9.14. The predicted octanol–water partition coefficient (Wildman–Crippen LogP) is 1.19. The fourth-order valence-electron chi connectivity index (χ4n) is 1.28. The Kier molecular flexibility index (Phi) is 3.49. The van der Waals surface area contributed by atoms with Crippen molar-refractivity contribution in [2.45, 2.75) is 19.9 Å². The van der Waals surface area contributed by atoms with Gasteiger partial charge in [0.15, 0.2) is 0 Å². The molecule has 15 heavy (non-hydrogen) atoms. The smallest absolute Gasteiger partial charge is 0.216 e. The minimum Gasteiger partial charge on any atom is -0.216 e. The second-order valence-corrected chi connectivity index (χ2v) is 5.25. The highest BCUT2D eigenvalue weighted by atomic mass is 32.2. The molecule has 0 aliphatic carbocycles. The summed E-state index contributed by atoms with van der Waals surface area (Å²) in [5.41, 5.74) is 2.07. The van der Waals surface area contributed by atoms with Gasteiger partial charge in [-0.2, -0.15) is 12.7 Å². The molecule has 2 N–H and O–H groups in total. The number of nitrogens with two attached hydrogens (primary N) is 1. The van der Waals surface area contributed by atoms with Gasteiger partial charge < -0.3 is 0 Å². The minimum absolute atomic E-state index is 0.249. The van der Waals surface area contributed by atoms with E-state index in [1.807, 2.05) is 31.2 Å². The molecule has 1 unspecified atom stereocenters. The number of benzene rings is 1. The summed E-state index contributed by atoms with van der Waals surface area (Å²) in [6, 6.07) is 7.45. The van der Waals surface area contributed by atoms with Crippen LogP contribution in [0.2, 0.25) is 0 Å². The lowest BCUT2D eigenvalue weighted by Crippen LogP contribution is -2.35. The van der Waals surface area contributed by atoms with Crippen LogP contribution in [0.25, 0.3) is 0 Å². The van der Waals surface area contributed by atoms with Crippen molar-refractivity contribution in [3.05, 3.63) is 35.4 Å². The van der Waals surface area contributed by atoms with Gasteiger partial charge in [-0.05, 0) is 19.4 Å². The SMILES string of the molecule is Cc1ccc(C(C)N(C)S(N)(=O)=O)cc1. The number of rotatable bonds is 3. The van der Waals surface area contributed by atoms with Gasteiger partial charge in [0.25, 0.3) is 10.2 Å². The van der Waals surface area contributed by atoms with Gasteiger partial charge in [0.1, 0.15) is 0 Å². The topological polar surface area (TPSA) is 63.4 Å². The van der Waals surface area contributed by atoms with Crippen LogP contribution in [0.1, 0.15) is 24.1 Å². The molecule has 0 saturated carbocycles. The summed E-state index contributed by atoms with van der Waals surface area (Å²) < 4.78 is 23.4. The molecule has 0 bridgehead atoms. The molecule has 5 heteroatoms. The van der Waals surface area contributed by atoms with Gasteiger partial charge in [0.05, 0.1) is 0 Å². The maximum Gasteiger partial charge on any atom is 0.277 e. The summed E-state index contributed by atoms with van der Waals surface area (Å²) in [6.45, 7) is 3.78. The van der Waals surface area contributed by atoms with E-state index in [2.05, 4.69) is 0 Å². The number of nitrogens with zero attached hydrogens (tertiary/aromatic N) is 1. The average Bonchev–Trinajstić information content (AvgIpc) is 2.15. The highest BCUT2D eigenvalue weighted by Crippen LogP contribution is 2.20. The van der Waals surface area contributed by atoms with Crippen LogP contribution >= 0.6 is 0 Å². The fraction of sp³-hybridized carbons (Fsp3) is 0.400. The second kappa shape index (κ2) is 4.30. The van der Waals surface area contributed by atoms with Crippen LogP contribution in [-0.4, -0.2) is 19.8 Å². The van der Waals surface area contributed by atoms with E-state index in [4.69, 9.17) is 5.14 Å². The first-order valence-corrected chi connectivity index (χ1v) is 6.15. The highest BCUT2D eigenvalue weighted by Gasteiger charge is 2.19. The second-order valence-electron chi connectivity index (χ2n) is 3.65. The van der Waals surface area contributed by atoms with Gasteiger partial charge in [-0.3, -0.25) is 0 Å². The van der Waals surface area contributed by atoms with Crippen LogP contribution in [0.5, 0.6) is 0 Å². The van der Waals surface area contributed by atoms with Crippen molar-refractivity contribution < 1.29 is 8.42 Å². The quantitative estimate of drug-likeness (QED) is 0.844. The third-order valence-corrected chi connectivity index (χ3v) is 3.63. The molecule has 0 saturated heterocycles. The molecular formula is C10H16N2O2S. The Morgan fingerprint density at radius 2 is 1.73 bits per heavy atom. The number of hydrogen-bond donors (Lipinski definition) is 1. The Morgan fingerprint density at radius 1 is 1.27 bits per heavy atom. The molecule has 0 aliphatic rings. The first-order valence-electron chi connectivity index (χ1n) is 4.64. The summed E-state index contributed by atoms with van der Waals surface area (Å²) in [5, 5.41) is 5.05. The molecule has 0 heterocycles. The van der Waals surface area contributed by atoms with Gasteiger partial charge in [0, 0.05) is 13.1 Å². The van der Waals surface area contributed by atoms with Crippen LogP contribution in [0, 0.1) is 6.92 Å². The molecule has 1 aromatic carbocycles. The average molecular weight is 228 g/mol. The first kappa shape index (κ1) is 12.2. The molecular weight excluding hydrogens is 212 g/mol. The normalized spacial score (nSPS) is 14.2. The van der Waals surface area contributed by atoms with E-state index in [9.17, 15) is 8.42 Å². The van der Waals surface area contributed by atoms with E-state index in [1.54, 1.807) is 6.92 Å². The molecule has 0 aromatic heterocycles. The molecule has 1 atom stereocenters. The van der Waals surface area contributed by atoms with Gasteiger partial charge in [-0.15, -0.1) is 0 Å². The lowest BCUT2D eigenvalue weighted by Gasteiger charge is -2.22. The van der Waals surface area contributed by atoms with Gasteiger partial charge >= 0.3 is 0 Å². The summed E-state index contributed by atoms with van der Waals surface area (Å²) >= 11 is 0. The van der Waals surface area contributed by atoms with E-state index in [1.165, 1.54) is 7.05 Å². The van der Waals surface area contributed by atoms with E-state index in [0.717, 1.165) is 15.4 Å². The maximum atomic E-state index is 11.1. The molecule has 0 amide bonds. The van der Waals surface area contributed by atoms with E-state index >= 15 is 0 Å². The van der Waals surface area contributed by atoms with Crippen molar-refractivity contribution in [3.63, 3.8) is 0 Å². The third-order valence-electron chi connectivity index (χ3n) is 2.51. The molecule has 1 rings (SSSR count). The zero-order valence-corrected chi connectivity index (χ0v) is 9.95. The summed E-state index contributed by atoms with van der Waals surface area (Å²) in [7, 11) is -2.15. The molecule has 0 aliphatic heterocycles. The van der Waals surface area contributed by atoms with Crippen molar-refractivity contribution >= 4 is 10.2 Å². The molecule has 0 spiro atoms. The molecule has 4 nitrogen and oxygen atoms in total. The maximum absolute atomic E-state index is 11.1. The van der Waals surface area contributed by atoms with Gasteiger partial charge in [-0.1, -0.05) is 29.8 Å².